The van der Waals surface area contributed by atoms with Crippen LogP contribution >= 0.6 is 0 Å². The summed E-state index contributed by atoms with van der Waals surface area (Å²) in [6, 6.07) is 7.69. The number of rotatable bonds is 0. The van der Waals surface area contributed by atoms with Gasteiger partial charge in [0.2, 0.25) is 0 Å². The van der Waals surface area contributed by atoms with Crippen LogP contribution in [0.1, 0.15) is 11.1 Å². The summed E-state index contributed by atoms with van der Waals surface area (Å²) in [5.74, 6) is 5.13. The molecule has 1 heteroatoms. The highest BCUT2D eigenvalue weighted by atomic mass is 19.1. The fourth-order valence-corrected chi connectivity index (χ4v) is 0.842. The average Bonchev–Trinajstić information content (AvgIpc) is 2.03. The molecule has 0 aromatic heterocycles. The minimum atomic E-state index is -0.575. The normalized spacial score (nSPS) is 8.55. The summed E-state index contributed by atoms with van der Waals surface area (Å²) in [4.78, 5) is 0. The maximum absolute atomic E-state index is 11.6. The zero-order valence-electron chi connectivity index (χ0n) is 6.39. The van der Waals surface area contributed by atoms with Gasteiger partial charge in [-0.2, -0.15) is 0 Å². The van der Waals surface area contributed by atoms with Crippen molar-refractivity contribution in [3.8, 4) is 11.8 Å². The molecular formula is C10H9F. The zero-order chi connectivity index (χ0) is 8.10. The van der Waals surface area contributed by atoms with Crippen molar-refractivity contribution in [2.24, 2.45) is 0 Å². The summed E-state index contributed by atoms with van der Waals surface area (Å²) in [7, 11) is 0. The fraction of sp³-hybridized carbons (Fsp3) is 0.200. The van der Waals surface area contributed by atoms with Crippen molar-refractivity contribution in [2.45, 2.75) is 6.92 Å². The summed E-state index contributed by atoms with van der Waals surface area (Å²) in [6.45, 7) is 1.39. The summed E-state index contributed by atoms with van der Waals surface area (Å²) in [5.41, 5.74) is 2.00. The average molecular weight is 148 g/mol. The van der Waals surface area contributed by atoms with Gasteiger partial charge in [0.05, 0.1) is 0 Å². The summed E-state index contributed by atoms with van der Waals surface area (Å²) < 4.78 is 11.6. The number of alkyl halides is 1. The van der Waals surface area contributed by atoms with Crippen LogP contribution in [0.5, 0.6) is 0 Å². The van der Waals surface area contributed by atoms with Gasteiger partial charge in [0.15, 0.2) is 6.67 Å². The highest BCUT2D eigenvalue weighted by Crippen LogP contribution is 2.03. The quantitative estimate of drug-likeness (QED) is 0.495. The number of hydrogen-bond donors (Lipinski definition) is 0. The Kier molecular flexibility index (Phi) is 2.68. The predicted molar refractivity (Wildman–Crippen MR) is 44.0 cm³/mol. The monoisotopic (exact) mass is 148 g/mol. The first-order valence-corrected chi connectivity index (χ1v) is 3.45. The first-order valence-electron chi connectivity index (χ1n) is 3.45. The minimum absolute atomic E-state index is 0.575. The van der Waals surface area contributed by atoms with Crippen LogP contribution in [0.4, 0.5) is 4.39 Å². The van der Waals surface area contributed by atoms with Crippen LogP contribution in [0.2, 0.25) is 0 Å². The first-order chi connectivity index (χ1) is 5.34. The molecule has 0 aliphatic heterocycles. The second kappa shape index (κ2) is 3.78. The smallest absolute Gasteiger partial charge is 0.150 e. The van der Waals surface area contributed by atoms with Gasteiger partial charge in [-0.3, -0.25) is 0 Å². The maximum atomic E-state index is 11.6. The molecule has 0 heterocycles. The molecule has 1 aromatic carbocycles. The number of aryl methyl sites for hydroxylation is 1. The molecule has 0 nitrogen and oxygen atoms in total. The lowest BCUT2D eigenvalue weighted by Gasteiger charge is -1.93. The van der Waals surface area contributed by atoms with Gasteiger partial charge in [0, 0.05) is 5.56 Å². The van der Waals surface area contributed by atoms with Gasteiger partial charge in [-0.25, -0.2) is 4.39 Å². The largest absolute Gasteiger partial charge is 0.237 e. The summed E-state index contributed by atoms with van der Waals surface area (Å²) in [6.07, 6.45) is 0. The lowest BCUT2D eigenvalue weighted by molar-refractivity contribution is 0.573. The molecule has 0 spiro atoms. The Morgan fingerprint density at radius 3 is 2.73 bits per heavy atom. The highest BCUT2D eigenvalue weighted by molar-refractivity contribution is 5.40. The zero-order valence-corrected chi connectivity index (χ0v) is 6.39. The Labute approximate surface area is 66.1 Å². The van der Waals surface area contributed by atoms with E-state index in [4.69, 9.17) is 0 Å². The summed E-state index contributed by atoms with van der Waals surface area (Å²) in [5, 5.41) is 0. The van der Waals surface area contributed by atoms with Crippen molar-refractivity contribution >= 4 is 0 Å². The number of hydrogen-bond acceptors (Lipinski definition) is 0. The molecule has 1 aromatic rings. The van der Waals surface area contributed by atoms with Crippen molar-refractivity contribution in [1.29, 1.82) is 0 Å². The topological polar surface area (TPSA) is 0 Å². The van der Waals surface area contributed by atoms with Crippen LogP contribution in [0.25, 0.3) is 0 Å². The molecule has 0 aliphatic rings. The Morgan fingerprint density at radius 2 is 2.09 bits per heavy atom. The highest BCUT2D eigenvalue weighted by Gasteiger charge is 1.88. The van der Waals surface area contributed by atoms with E-state index in [0.717, 1.165) is 11.1 Å². The van der Waals surface area contributed by atoms with E-state index in [2.05, 4.69) is 11.8 Å². The molecule has 0 atom stereocenters. The predicted octanol–water partition coefficient (Wildman–Crippen LogP) is 2.32. The van der Waals surface area contributed by atoms with E-state index in [1.54, 1.807) is 0 Å². The van der Waals surface area contributed by atoms with Gasteiger partial charge < -0.3 is 0 Å². The molecule has 0 bridgehead atoms. The first kappa shape index (κ1) is 7.81. The van der Waals surface area contributed by atoms with Gasteiger partial charge in [0.25, 0.3) is 0 Å². The molecule has 0 unspecified atom stereocenters. The Hall–Kier alpha value is -1.29. The van der Waals surface area contributed by atoms with E-state index in [-0.39, 0.29) is 0 Å². The van der Waals surface area contributed by atoms with Gasteiger partial charge in [-0.1, -0.05) is 30.0 Å². The van der Waals surface area contributed by atoms with Gasteiger partial charge >= 0.3 is 0 Å². The van der Waals surface area contributed by atoms with Crippen LogP contribution < -0.4 is 0 Å². The molecular weight excluding hydrogens is 139 g/mol. The Balaban J connectivity index is 2.95. The van der Waals surface area contributed by atoms with Crippen LogP contribution in [0, 0.1) is 18.8 Å². The molecule has 0 aliphatic carbocycles. The molecule has 11 heavy (non-hydrogen) atoms. The molecule has 0 saturated heterocycles. The van der Waals surface area contributed by atoms with Crippen molar-refractivity contribution in [2.75, 3.05) is 6.67 Å². The third kappa shape index (κ3) is 2.09. The Bertz CT molecular complexity index is 291. The van der Waals surface area contributed by atoms with Crippen LogP contribution in [0.3, 0.4) is 0 Å². The molecule has 0 N–H and O–H groups in total. The van der Waals surface area contributed by atoms with E-state index in [1.165, 1.54) is 0 Å². The van der Waals surface area contributed by atoms with Crippen LogP contribution in [-0.2, 0) is 0 Å². The van der Waals surface area contributed by atoms with E-state index in [9.17, 15) is 4.39 Å². The minimum Gasteiger partial charge on any atom is -0.237 e. The fourth-order valence-electron chi connectivity index (χ4n) is 0.842. The van der Waals surface area contributed by atoms with Crippen molar-refractivity contribution in [3.05, 3.63) is 35.4 Å². The number of benzene rings is 1. The van der Waals surface area contributed by atoms with Crippen molar-refractivity contribution in [3.63, 3.8) is 0 Å². The second-order valence-corrected chi connectivity index (χ2v) is 2.25. The molecule has 56 valence electrons. The maximum Gasteiger partial charge on any atom is 0.150 e. The lowest BCUT2D eigenvalue weighted by atomic mass is 10.1. The third-order valence-electron chi connectivity index (χ3n) is 1.43. The molecule has 0 amide bonds. The van der Waals surface area contributed by atoms with Crippen LogP contribution in [-0.4, -0.2) is 6.67 Å². The van der Waals surface area contributed by atoms with E-state index >= 15 is 0 Å². The third-order valence-corrected chi connectivity index (χ3v) is 1.43. The molecule has 1 rings (SSSR count). The Morgan fingerprint density at radius 1 is 1.36 bits per heavy atom. The lowest BCUT2D eigenvalue weighted by Crippen LogP contribution is -1.79. The number of halogens is 1. The molecule has 0 fully saturated rings. The molecule has 0 radical (unpaired) electrons. The van der Waals surface area contributed by atoms with E-state index < -0.39 is 6.67 Å². The van der Waals surface area contributed by atoms with Crippen molar-refractivity contribution < 1.29 is 4.39 Å². The van der Waals surface area contributed by atoms with Crippen LogP contribution in [0.15, 0.2) is 24.3 Å². The van der Waals surface area contributed by atoms with Crippen molar-refractivity contribution in [1.82, 2.24) is 0 Å². The SMILES string of the molecule is Cc1ccccc1C#CCF. The standard InChI is InChI=1S/C10H9F/c1-9-5-2-3-6-10(9)7-4-8-11/h2-3,5-6H,8H2,1H3. The van der Waals surface area contributed by atoms with E-state index in [0.29, 0.717) is 0 Å². The van der Waals surface area contributed by atoms with Gasteiger partial charge in [-0.05, 0) is 18.6 Å². The van der Waals surface area contributed by atoms with Gasteiger partial charge in [-0.15, -0.1) is 0 Å². The summed E-state index contributed by atoms with van der Waals surface area (Å²) >= 11 is 0. The van der Waals surface area contributed by atoms with E-state index in [1.807, 2.05) is 31.2 Å². The molecule has 0 saturated carbocycles. The second-order valence-electron chi connectivity index (χ2n) is 2.25. The van der Waals surface area contributed by atoms with Gasteiger partial charge in [0.1, 0.15) is 0 Å².